The predicted molar refractivity (Wildman–Crippen MR) is 97.9 cm³/mol. The molecule has 1 amide bonds. The highest BCUT2D eigenvalue weighted by atomic mass is 19.4. The van der Waals surface area contributed by atoms with Gasteiger partial charge in [0, 0.05) is 18.6 Å². The fourth-order valence-electron chi connectivity index (χ4n) is 3.43. The third-order valence-corrected chi connectivity index (χ3v) is 5.11. The third kappa shape index (κ3) is 5.19. The van der Waals surface area contributed by atoms with Crippen molar-refractivity contribution < 1.29 is 31.8 Å². The lowest BCUT2D eigenvalue weighted by Gasteiger charge is -2.37. The number of benzene rings is 1. The van der Waals surface area contributed by atoms with E-state index in [1.165, 1.54) is 6.07 Å². The van der Waals surface area contributed by atoms with Gasteiger partial charge in [-0.25, -0.2) is 9.18 Å². The maximum Gasteiger partial charge on any atom is 0.419 e. The number of ether oxygens (including phenoxy) is 2. The van der Waals surface area contributed by atoms with Crippen LogP contribution in [-0.4, -0.2) is 48.9 Å². The quantitative estimate of drug-likeness (QED) is 0.750. The summed E-state index contributed by atoms with van der Waals surface area (Å²) in [6.45, 7) is 6.76. The molecule has 1 aliphatic carbocycles. The third-order valence-electron chi connectivity index (χ3n) is 5.11. The lowest BCUT2D eigenvalue weighted by atomic mass is 10.0. The molecule has 1 aromatic rings. The largest absolute Gasteiger partial charge is 0.444 e. The number of hydrogen-bond donors (Lipinski definition) is 1. The van der Waals surface area contributed by atoms with Crippen LogP contribution in [0.25, 0.3) is 0 Å². The van der Waals surface area contributed by atoms with Gasteiger partial charge in [0.15, 0.2) is 0 Å². The Morgan fingerprint density at radius 2 is 2.00 bits per heavy atom. The first-order chi connectivity index (χ1) is 13.4. The Morgan fingerprint density at radius 1 is 1.31 bits per heavy atom. The molecule has 3 rings (SSSR count). The summed E-state index contributed by atoms with van der Waals surface area (Å²) in [7, 11) is 0. The second-order valence-corrected chi connectivity index (χ2v) is 8.56. The summed E-state index contributed by atoms with van der Waals surface area (Å²) in [6, 6.07) is 2.81. The van der Waals surface area contributed by atoms with Gasteiger partial charge in [0.1, 0.15) is 11.4 Å². The van der Waals surface area contributed by atoms with Crippen molar-refractivity contribution in [1.82, 2.24) is 10.2 Å². The molecule has 9 heteroatoms. The molecule has 1 N–H and O–H groups in total. The number of morpholine rings is 1. The minimum atomic E-state index is -4.75. The second kappa shape index (κ2) is 7.75. The van der Waals surface area contributed by atoms with E-state index in [0.717, 1.165) is 12.1 Å². The van der Waals surface area contributed by atoms with E-state index in [2.05, 4.69) is 5.32 Å². The molecule has 0 aromatic heterocycles. The molecule has 2 fully saturated rings. The summed E-state index contributed by atoms with van der Waals surface area (Å²) < 4.78 is 63.7. The number of nitrogens with zero attached hydrogens (tertiary/aromatic N) is 1. The van der Waals surface area contributed by atoms with Gasteiger partial charge in [-0.1, -0.05) is 6.07 Å². The number of amides is 1. The zero-order valence-corrected chi connectivity index (χ0v) is 16.7. The topological polar surface area (TPSA) is 50.8 Å². The minimum Gasteiger partial charge on any atom is -0.444 e. The van der Waals surface area contributed by atoms with Crippen molar-refractivity contribution in [2.45, 2.75) is 57.0 Å². The summed E-state index contributed by atoms with van der Waals surface area (Å²) in [6.07, 6.45) is -3.93. The maximum atomic E-state index is 13.6. The number of carbonyl (C=O) groups is 1. The van der Waals surface area contributed by atoms with E-state index in [4.69, 9.17) is 9.47 Å². The van der Waals surface area contributed by atoms with Gasteiger partial charge in [-0.2, -0.15) is 13.2 Å². The number of alkyl halides is 3. The highest BCUT2D eigenvalue weighted by molar-refractivity contribution is 5.68. The van der Waals surface area contributed by atoms with Crippen LogP contribution in [0.5, 0.6) is 0 Å². The maximum absolute atomic E-state index is 13.6. The predicted octanol–water partition coefficient (Wildman–Crippen LogP) is 4.06. The van der Waals surface area contributed by atoms with Gasteiger partial charge in [0.05, 0.1) is 24.8 Å². The van der Waals surface area contributed by atoms with Crippen molar-refractivity contribution >= 4 is 6.09 Å². The molecular formula is C20H26F4N2O3. The second-order valence-electron chi connectivity index (χ2n) is 8.56. The smallest absolute Gasteiger partial charge is 0.419 e. The summed E-state index contributed by atoms with van der Waals surface area (Å²) in [5.74, 6) is -1.28. The normalized spacial score (nSPS) is 21.8. The van der Waals surface area contributed by atoms with E-state index in [-0.39, 0.29) is 6.04 Å². The molecule has 29 heavy (non-hydrogen) atoms. The molecule has 162 valence electrons. The highest BCUT2D eigenvalue weighted by Gasteiger charge is 2.46. The van der Waals surface area contributed by atoms with E-state index in [0.29, 0.717) is 44.7 Å². The number of carbonyl (C=O) groups excluding carboxylic acids is 1. The number of rotatable bonds is 4. The first kappa shape index (κ1) is 21.8. The van der Waals surface area contributed by atoms with Crippen LogP contribution in [0.15, 0.2) is 18.2 Å². The Morgan fingerprint density at radius 3 is 2.59 bits per heavy atom. The molecule has 1 saturated heterocycles. The molecule has 1 saturated carbocycles. The molecule has 0 spiro atoms. The highest BCUT2D eigenvalue weighted by Crippen LogP contribution is 2.47. The van der Waals surface area contributed by atoms with E-state index in [1.807, 2.05) is 0 Å². The van der Waals surface area contributed by atoms with Crippen LogP contribution in [0.3, 0.4) is 0 Å². The Bertz CT molecular complexity index is 757. The van der Waals surface area contributed by atoms with Gasteiger partial charge >= 0.3 is 12.3 Å². The zero-order chi connectivity index (χ0) is 21.4. The van der Waals surface area contributed by atoms with Crippen molar-refractivity contribution in [3.63, 3.8) is 0 Å². The summed E-state index contributed by atoms with van der Waals surface area (Å²) in [5, 5.41) is 3.28. The number of halogens is 4. The Balaban J connectivity index is 1.70. The van der Waals surface area contributed by atoms with Gasteiger partial charge in [-0.15, -0.1) is 0 Å². The van der Waals surface area contributed by atoms with Crippen LogP contribution in [0.1, 0.15) is 44.7 Å². The first-order valence-electron chi connectivity index (χ1n) is 9.61. The molecule has 0 bridgehead atoms. The Hall–Kier alpha value is -1.87. The van der Waals surface area contributed by atoms with E-state index < -0.39 is 34.8 Å². The van der Waals surface area contributed by atoms with Crippen molar-refractivity contribution in [2.75, 3.05) is 26.3 Å². The van der Waals surface area contributed by atoms with Gasteiger partial charge in [-0.05, 0) is 51.3 Å². The van der Waals surface area contributed by atoms with Gasteiger partial charge in [0.25, 0.3) is 0 Å². The molecule has 1 atom stereocenters. The molecule has 1 aliphatic heterocycles. The molecular weight excluding hydrogens is 392 g/mol. The van der Waals surface area contributed by atoms with Crippen LogP contribution in [0.4, 0.5) is 22.4 Å². The van der Waals surface area contributed by atoms with Crippen LogP contribution in [0.2, 0.25) is 0 Å². The van der Waals surface area contributed by atoms with Crippen molar-refractivity contribution in [3.05, 3.63) is 35.1 Å². The van der Waals surface area contributed by atoms with E-state index in [1.54, 1.807) is 25.7 Å². The fraction of sp³-hybridized carbons (Fsp3) is 0.650. The van der Waals surface area contributed by atoms with Crippen molar-refractivity contribution in [2.24, 2.45) is 0 Å². The summed E-state index contributed by atoms with van der Waals surface area (Å²) >= 11 is 0. The zero-order valence-electron chi connectivity index (χ0n) is 16.7. The average Bonchev–Trinajstić information content (AvgIpc) is 3.39. The molecule has 2 aliphatic rings. The Labute approximate surface area is 167 Å². The standard InChI is InChI=1S/C20H26F4N2O3/c1-18(2,3)29-17(27)26-8-9-28-12-14(26)11-25-19(6-7-19)13-4-5-16(21)15(10-13)20(22,23)24/h4-5,10,14,25H,6-9,11-12H2,1-3H3. The molecule has 1 heterocycles. The summed E-state index contributed by atoms with van der Waals surface area (Å²) in [5.41, 5.74) is -2.15. The van der Waals surface area contributed by atoms with E-state index >= 15 is 0 Å². The lowest BCUT2D eigenvalue weighted by Crippen LogP contribution is -2.55. The molecule has 0 radical (unpaired) electrons. The number of nitrogens with one attached hydrogen (secondary N) is 1. The molecule has 1 aromatic carbocycles. The lowest BCUT2D eigenvalue weighted by molar-refractivity contribution is -0.140. The van der Waals surface area contributed by atoms with Crippen LogP contribution < -0.4 is 5.32 Å². The van der Waals surface area contributed by atoms with Crippen LogP contribution >= 0.6 is 0 Å². The summed E-state index contributed by atoms with van der Waals surface area (Å²) in [4.78, 5) is 14.1. The van der Waals surface area contributed by atoms with Crippen molar-refractivity contribution in [3.8, 4) is 0 Å². The van der Waals surface area contributed by atoms with Gasteiger partial charge < -0.3 is 14.8 Å². The van der Waals surface area contributed by atoms with Crippen LogP contribution in [0, 0.1) is 5.82 Å². The van der Waals surface area contributed by atoms with E-state index in [9.17, 15) is 22.4 Å². The molecule has 5 nitrogen and oxygen atoms in total. The first-order valence-corrected chi connectivity index (χ1v) is 9.61. The molecule has 1 unspecified atom stereocenters. The van der Waals surface area contributed by atoms with Crippen molar-refractivity contribution in [1.29, 1.82) is 0 Å². The minimum absolute atomic E-state index is 0.305. The average molecular weight is 418 g/mol. The fourth-order valence-corrected chi connectivity index (χ4v) is 3.43. The number of hydrogen-bond acceptors (Lipinski definition) is 4. The Kier molecular flexibility index (Phi) is 5.84. The monoisotopic (exact) mass is 418 g/mol. The van der Waals surface area contributed by atoms with Gasteiger partial charge in [-0.3, -0.25) is 4.90 Å². The van der Waals surface area contributed by atoms with Crippen LogP contribution in [-0.2, 0) is 21.2 Å². The SMILES string of the molecule is CC(C)(C)OC(=O)N1CCOCC1CNC1(c2ccc(F)c(C(F)(F)F)c2)CC1. The van der Waals surface area contributed by atoms with Gasteiger partial charge in [0.2, 0.25) is 0 Å².